The Morgan fingerprint density at radius 2 is 2.07 bits per heavy atom. The van der Waals surface area contributed by atoms with Crippen molar-refractivity contribution in [2.24, 2.45) is 5.92 Å². The smallest absolute Gasteiger partial charge is 0.225 e. The Balaban J connectivity index is 1.64. The molecule has 3 aromatic rings. The summed E-state index contributed by atoms with van der Waals surface area (Å²) in [6, 6.07) is 7.42. The lowest BCUT2D eigenvalue weighted by Crippen LogP contribution is -2.20. The number of carbonyl (C=O) groups is 1. The van der Waals surface area contributed by atoms with E-state index in [0.717, 1.165) is 36.7 Å². The van der Waals surface area contributed by atoms with Crippen molar-refractivity contribution in [2.75, 3.05) is 25.5 Å². The van der Waals surface area contributed by atoms with Crippen LogP contribution in [0.25, 0.3) is 17.4 Å². The molecule has 29 heavy (non-hydrogen) atoms. The molecule has 1 aliphatic heterocycles. The summed E-state index contributed by atoms with van der Waals surface area (Å²) in [6.07, 6.45) is 1.53. The highest BCUT2D eigenvalue weighted by atomic mass is 16.3. The maximum atomic E-state index is 12.6. The Morgan fingerprint density at radius 1 is 1.24 bits per heavy atom. The van der Waals surface area contributed by atoms with E-state index in [2.05, 4.69) is 32.3 Å². The average molecular weight is 394 g/mol. The molecule has 1 N–H and O–H groups in total. The van der Waals surface area contributed by atoms with Gasteiger partial charge >= 0.3 is 0 Å². The summed E-state index contributed by atoms with van der Waals surface area (Å²) in [7, 11) is 2.08. The normalized spacial score (nSPS) is 17.0. The van der Waals surface area contributed by atoms with Gasteiger partial charge in [0.25, 0.3) is 0 Å². The van der Waals surface area contributed by atoms with Gasteiger partial charge in [-0.15, -0.1) is 0 Å². The van der Waals surface area contributed by atoms with Crippen LogP contribution in [0.2, 0.25) is 0 Å². The first kappa shape index (κ1) is 19.3. The number of hydrogen-bond acceptors (Lipinski definition) is 6. The zero-order valence-corrected chi connectivity index (χ0v) is 17.3. The van der Waals surface area contributed by atoms with Gasteiger partial charge in [0.2, 0.25) is 5.91 Å². The molecule has 4 heterocycles. The van der Waals surface area contributed by atoms with E-state index in [1.54, 1.807) is 10.7 Å². The lowest BCUT2D eigenvalue weighted by molar-refractivity contribution is -0.117. The standard InChI is InChI=1S/C21H26N6O2/c1-13-9-14(2)27(25-13)19-11-18(22-20(28)10-16-7-8-26(4)12-16)23-21(24-19)17-6-5-15(3)29-17/h5-6,9,11,16H,7-8,10,12H2,1-4H3,(H,22,23,24,28)/t16-/m1/s1. The average Bonchev–Trinajstić information content (AvgIpc) is 3.35. The first-order valence-electron chi connectivity index (χ1n) is 9.85. The van der Waals surface area contributed by atoms with Gasteiger partial charge in [0, 0.05) is 24.7 Å². The van der Waals surface area contributed by atoms with E-state index >= 15 is 0 Å². The first-order valence-corrected chi connectivity index (χ1v) is 9.85. The number of furan rings is 1. The monoisotopic (exact) mass is 394 g/mol. The van der Waals surface area contributed by atoms with Crippen LogP contribution in [0.4, 0.5) is 5.82 Å². The summed E-state index contributed by atoms with van der Waals surface area (Å²) in [5, 5.41) is 7.46. The van der Waals surface area contributed by atoms with Crippen molar-refractivity contribution >= 4 is 11.7 Å². The third-order valence-corrected chi connectivity index (χ3v) is 5.13. The molecule has 1 amide bonds. The van der Waals surface area contributed by atoms with Crippen LogP contribution in [0.3, 0.4) is 0 Å². The molecule has 0 spiro atoms. The van der Waals surface area contributed by atoms with E-state index in [0.29, 0.717) is 35.6 Å². The maximum Gasteiger partial charge on any atom is 0.225 e. The molecule has 0 aromatic carbocycles. The molecule has 0 radical (unpaired) electrons. The van der Waals surface area contributed by atoms with Gasteiger partial charge in [-0.1, -0.05) is 0 Å². The van der Waals surface area contributed by atoms with Crippen molar-refractivity contribution in [3.8, 4) is 17.4 Å². The van der Waals surface area contributed by atoms with Crippen LogP contribution in [-0.2, 0) is 4.79 Å². The Labute approximate surface area is 170 Å². The van der Waals surface area contributed by atoms with E-state index in [4.69, 9.17) is 4.42 Å². The van der Waals surface area contributed by atoms with E-state index < -0.39 is 0 Å². The largest absolute Gasteiger partial charge is 0.458 e. The molecule has 8 nitrogen and oxygen atoms in total. The van der Waals surface area contributed by atoms with E-state index in [1.807, 2.05) is 39.0 Å². The molecule has 0 saturated carbocycles. The van der Waals surface area contributed by atoms with Gasteiger partial charge in [0.1, 0.15) is 11.6 Å². The van der Waals surface area contributed by atoms with Crippen LogP contribution in [0.5, 0.6) is 0 Å². The fourth-order valence-corrected chi connectivity index (χ4v) is 3.78. The third kappa shape index (κ3) is 4.37. The van der Waals surface area contributed by atoms with Crippen molar-refractivity contribution in [3.05, 3.63) is 41.4 Å². The van der Waals surface area contributed by atoms with Gasteiger partial charge in [-0.2, -0.15) is 5.10 Å². The first-order chi connectivity index (χ1) is 13.9. The zero-order valence-electron chi connectivity index (χ0n) is 17.3. The highest BCUT2D eigenvalue weighted by molar-refractivity contribution is 5.90. The number of nitrogens with one attached hydrogen (secondary N) is 1. The molecule has 4 rings (SSSR count). The lowest BCUT2D eigenvalue weighted by atomic mass is 10.0. The second kappa shape index (κ2) is 7.79. The van der Waals surface area contributed by atoms with Gasteiger partial charge in [0.15, 0.2) is 17.4 Å². The van der Waals surface area contributed by atoms with Crippen molar-refractivity contribution < 1.29 is 9.21 Å². The fourth-order valence-electron chi connectivity index (χ4n) is 3.78. The minimum Gasteiger partial charge on any atom is -0.458 e. The van der Waals surface area contributed by atoms with Crippen LogP contribution in [0.1, 0.15) is 30.0 Å². The molecular formula is C21H26N6O2. The highest BCUT2D eigenvalue weighted by Gasteiger charge is 2.23. The van der Waals surface area contributed by atoms with Gasteiger partial charge in [-0.25, -0.2) is 14.6 Å². The fraction of sp³-hybridized carbons (Fsp3) is 0.429. The van der Waals surface area contributed by atoms with Gasteiger partial charge in [-0.05, 0) is 64.9 Å². The summed E-state index contributed by atoms with van der Waals surface area (Å²) < 4.78 is 7.45. The number of aromatic nitrogens is 4. The molecule has 3 aromatic heterocycles. The van der Waals surface area contributed by atoms with Crippen molar-refractivity contribution in [3.63, 3.8) is 0 Å². The Hall–Kier alpha value is -3.00. The van der Waals surface area contributed by atoms with E-state index in [1.165, 1.54) is 0 Å². The highest BCUT2D eigenvalue weighted by Crippen LogP contribution is 2.24. The molecule has 1 atom stereocenters. The van der Waals surface area contributed by atoms with Gasteiger partial charge < -0.3 is 14.6 Å². The van der Waals surface area contributed by atoms with Crippen molar-refractivity contribution in [1.82, 2.24) is 24.6 Å². The number of nitrogens with zero attached hydrogens (tertiary/aromatic N) is 5. The Kier molecular flexibility index (Phi) is 5.19. The van der Waals surface area contributed by atoms with Crippen LogP contribution in [-0.4, -0.2) is 50.7 Å². The van der Waals surface area contributed by atoms with Crippen molar-refractivity contribution in [2.45, 2.75) is 33.6 Å². The topological polar surface area (TPSA) is 89.1 Å². The van der Waals surface area contributed by atoms with Crippen LogP contribution < -0.4 is 5.32 Å². The third-order valence-electron chi connectivity index (χ3n) is 5.13. The predicted octanol–water partition coefficient (Wildman–Crippen LogP) is 3.13. The van der Waals surface area contributed by atoms with Gasteiger partial charge in [-0.3, -0.25) is 4.79 Å². The minimum atomic E-state index is -0.0371. The molecule has 1 fully saturated rings. The summed E-state index contributed by atoms with van der Waals surface area (Å²) in [5.74, 6) is 3.12. The van der Waals surface area contributed by atoms with Crippen LogP contribution >= 0.6 is 0 Å². The number of rotatable bonds is 5. The molecule has 1 saturated heterocycles. The summed E-state index contributed by atoms with van der Waals surface area (Å²) in [5.41, 5.74) is 1.85. The van der Waals surface area contributed by atoms with E-state index in [-0.39, 0.29) is 5.91 Å². The number of amides is 1. The zero-order chi connectivity index (χ0) is 20.5. The summed E-state index contributed by atoms with van der Waals surface area (Å²) >= 11 is 0. The SMILES string of the molecule is Cc1cc(C)n(-c2cc(NC(=O)C[C@H]3CCN(C)C3)nc(-c3ccc(C)o3)n2)n1. The quantitative estimate of drug-likeness (QED) is 0.715. The lowest BCUT2D eigenvalue weighted by Gasteiger charge is -2.12. The van der Waals surface area contributed by atoms with Crippen molar-refractivity contribution in [1.29, 1.82) is 0 Å². The number of hydrogen-bond donors (Lipinski definition) is 1. The summed E-state index contributed by atoms with van der Waals surface area (Å²) in [6.45, 7) is 7.76. The number of aryl methyl sites for hydroxylation is 3. The Bertz CT molecular complexity index is 1040. The molecule has 0 unspecified atom stereocenters. The molecule has 1 aliphatic rings. The number of carbonyl (C=O) groups excluding carboxylic acids is 1. The number of likely N-dealkylation sites (tertiary alicyclic amines) is 1. The molecular weight excluding hydrogens is 368 g/mol. The second-order valence-corrected chi connectivity index (χ2v) is 7.85. The van der Waals surface area contributed by atoms with Crippen LogP contribution in [0.15, 0.2) is 28.7 Å². The second-order valence-electron chi connectivity index (χ2n) is 7.85. The molecule has 8 heteroatoms. The Morgan fingerprint density at radius 3 is 2.69 bits per heavy atom. The predicted molar refractivity (Wildman–Crippen MR) is 110 cm³/mol. The summed E-state index contributed by atoms with van der Waals surface area (Å²) in [4.78, 5) is 24.0. The molecule has 152 valence electrons. The van der Waals surface area contributed by atoms with Crippen LogP contribution in [0, 0.1) is 26.7 Å². The number of anilines is 1. The minimum absolute atomic E-state index is 0.0371. The molecule has 0 aliphatic carbocycles. The van der Waals surface area contributed by atoms with Gasteiger partial charge in [0.05, 0.1) is 5.69 Å². The molecule has 0 bridgehead atoms. The van der Waals surface area contributed by atoms with E-state index in [9.17, 15) is 4.79 Å². The maximum absolute atomic E-state index is 12.6.